The first-order valence-electron chi connectivity index (χ1n) is 13.7. The molecule has 40 heavy (non-hydrogen) atoms. The van der Waals surface area contributed by atoms with Crippen LogP contribution in [0.3, 0.4) is 0 Å². The van der Waals surface area contributed by atoms with Crippen LogP contribution in [0.4, 0.5) is 0 Å². The van der Waals surface area contributed by atoms with Crippen molar-refractivity contribution in [2.45, 2.75) is 63.1 Å². The van der Waals surface area contributed by atoms with Gasteiger partial charge in [0, 0.05) is 0 Å². The van der Waals surface area contributed by atoms with E-state index in [1.54, 1.807) is 0 Å². The number of aliphatic hydroxyl groups excluding tert-OH is 2. The van der Waals surface area contributed by atoms with Gasteiger partial charge in [-0.3, -0.25) is 0 Å². The standard InChI is InChI=1S/C34H36O6/c35-29-31(37-21-25-13-5-1-6-14-25)30(36)33(39-23-27-17-9-3-10-18-27)34(40-24-28-19-11-4-12-20-28)32(29)38-22-26-15-7-2-8-16-26/h1-20,29-36H,21-24H2/t29-,30+,31?,32-,33-,34?/m0/s1. The summed E-state index contributed by atoms with van der Waals surface area (Å²) in [5.41, 5.74) is 3.84. The first-order chi connectivity index (χ1) is 19.7. The summed E-state index contributed by atoms with van der Waals surface area (Å²) in [5.74, 6) is 0. The van der Waals surface area contributed by atoms with Crippen LogP contribution < -0.4 is 0 Å². The van der Waals surface area contributed by atoms with E-state index in [9.17, 15) is 10.2 Å². The monoisotopic (exact) mass is 540 g/mol. The fourth-order valence-corrected chi connectivity index (χ4v) is 4.99. The average molecular weight is 541 g/mol. The van der Waals surface area contributed by atoms with Gasteiger partial charge in [0.2, 0.25) is 0 Å². The first-order valence-corrected chi connectivity index (χ1v) is 13.7. The Labute approximate surface area is 235 Å². The number of ether oxygens (including phenoxy) is 4. The van der Waals surface area contributed by atoms with Crippen LogP contribution in [0.5, 0.6) is 0 Å². The van der Waals surface area contributed by atoms with Gasteiger partial charge in [-0.25, -0.2) is 0 Å². The van der Waals surface area contributed by atoms with Crippen LogP contribution in [-0.4, -0.2) is 46.8 Å². The molecule has 2 N–H and O–H groups in total. The molecule has 1 saturated carbocycles. The molecular formula is C34H36O6. The molecule has 0 bridgehead atoms. The molecule has 0 saturated heterocycles. The molecule has 2 unspecified atom stereocenters. The normalized spacial score (nSPS) is 24.6. The predicted molar refractivity (Wildman–Crippen MR) is 152 cm³/mol. The fraction of sp³-hybridized carbons (Fsp3) is 0.294. The van der Waals surface area contributed by atoms with Gasteiger partial charge >= 0.3 is 0 Å². The minimum Gasteiger partial charge on any atom is -0.387 e. The van der Waals surface area contributed by atoms with Crippen molar-refractivity contribution in [3.05, 3.63) is 144 Å². The molecule has 0 heterocycles. The second kappa shape index (κ2) is 14.3. The van der Waals surface area contributed by atoms with E-state index in [1.807, 2.05) is 121 Å². The van der Waals surface area contributed by atoms with E-state index >= 15 is 0 Å². The lowest BCUT2D eigenvalue weighted by Gasteiger charge is -2.47. The molecule has 0 aromatic heterocycles. The van der Waals surface area contributed by atoms with Crippen LogP contribution in [0.1, 0.15) is 22.3 Å². The van der Waals surface area contributed by atoms with E-state index in [0.29, 0.717) is 0 Å². The van der Waals surface area contributed by atoms with Gasteiger partial charge in [-0.1, -0.05) is 121 Å². The summed E-state index contributed by atoms with van der Waals surface area (Å²) in [6.07, 6.45) is -5.63. The molecule has 4 aromatic rings. The Kier molecular flexibility index (Phi) is 10.1. The SMILES string of the molecule is O[C@@H]1C(OCc2ccccc2)[C@H](O)[C@H](OCc2ccccc2)C(OCc2ccccc2)[C@H]1OCc1ccccc1. The van der Waals surface area contributed by atoms with Crippen molar-refractivity contribution >= 4 is 0 Å². The molecular weight excluding hydrogens is 504 g/mol. The van der Waals surface area contributed by atoms with Gasteiger partial charge < -0.3 is 29.2 Å². The molecule has 4 aromatic carbocycles. The molecule has 5 rings (SSSR count). The molecule has 6 nitrogen and oxygen atoms in total. The van der Waals surface area contributed by atoms with E-state index in [-0.39, 0.29) is 26.4 Å². The highest BCUT2D eigenvalue weighted by Gasteiger charge is 2.52. The van der Waals surface area contributed by atoms with Gasteiger partial charge in [0.1, 0.15) is 36.6 Å². The molecule has 208 valence electrons. The van der Waals surface area contributed by atoms with Crippen LogP contribution in [0, 0.1) is 0 Å². The van der Waals surface area contributed by atoms with Gasteiger partial charge in [0.05, 0.1) is 26.4 Å². The maximum absolute atomic E-state index is 11.6. The number of hydrogen-bond donors (Lipinski definition) is 2. The van der Waals surface area contributed by atoms with Crippen molar-refractivity contribution < 1.29 is 29.2 Å². The Balaban J connectivity index is 1.41. The molecule has 6 atom stereocenters. The van der Waals surface area contributed by atoms with E-state index in [2.05, 4.69) is 0 Å². The molecule has 6 heteroatoms. The Hall–Kier alpha value is -3.36. The summed E-state index contributed by atoms with van der Waals surface area (Å²) in [6.45, 7) is 1.03. The quantitative estimate of drug-likeness (QED) is 0.262. The minimum absolute atomic E-state index is 0.228. The second-order valence-electron chi connectivity index (χ2n) is 10.0. The van der Waals surface area contributed by atoms with Crippen LogP contribution >= 0.6 is 0 Å². The lowest BCUT2D eigenvalue weighted by atomic mass is 9.84. The summed E-state index contributed by atoms with van der Waals surface area (Å²) in [6, 6.07) is 39.0. The average Bonchev–Trinajstić information content (AvgIpc) is 3.01. The van der Waals surface area contributed by atoms with Crippen molar-refractivity contribution in [3.8, 4) is 0 Å². The number of benzene rings is 4. The highest BCUT2D eigenvalue weighted by atomic mass is 16.6. The third kappa shape index (κ3) is 7.43. The van der Waals surface area contributed by atoms with Gasteiger partial charge in [0.15, 0.2) is 0 Å². The van der Waals surface area contributed by atoms with Gasteiger partial charge in [0.25, 0.3) is 0 Å². The smallest absolute Gasteiger partial charge is 0.116 e. The predicted octanol–water partition coefficient (Wildman–Crippen LogP) is 5.06. The second-order valence-corrected chi connectivity index (χ2v) is 10.0. The van der Waals surface area contributed by atoms with Crippen molar-refractivity contribution in [2.75, 3.05) is 0 Å². The Morgan fingerprint density at radius 2 is 0.600 bits per heavy atom. The molecule has 0 aliphatic heterocycles. The van der Waals surface area contributed by atoms with E-state index < -0.39 is 36.6 Å². The summed E-state index contributed by atoms with van der Waals surface area (Å²) >= 11 is 0. The molecule has 0 amide bonds. The Bertz CT molecular complexity index is 1200. The zero-order valence-electron chi connectivity index (χ0n) is 22.4. The van der Waals surface area contributed by atoms with Crippen molar-refractivity contribution in [1.29, 1.82) is 0 Å². The summed E-state index contributed by atoms with van der Waals surface area (Å²) in [5, 5.41) is 23.2. The van der Waals surface area contributed by atoms with E-state index in [0.717, 1.165) is 22.3 Å². The number of aliphatic hydroxyl groups is 2. The van der Waals surface area contributed by atoms with Crippen LogP contribution in [0.15, 0.2) is 121 Å². The topological polar surface area (TPSA) is 77.4 Å². The zero-order valence-corrected chi connectivity index (χ0v) is 22.4. The molecule has 1 fully saturated rings. The van der Waals surface area contributed by atoms with Crippen molar-refractivity contribution in [2.24, 2.45) is 0 Å². The Morgan fingerprint density at radius 3 is 0.900 bits per heavy atom. The lowest BCUT2D eigenvalue weighted by molar-refractivity contribution is -0.273. The van der Waals surface area contributed by atoms with Gasteiger partial charge in [-0.15, -0.1) is 0 Å². The maximum Gasteiger partial charge on any atom is 0.116 e. The van der Waals surface area contributed by atoms with Crippen LogP contribution in [0.2, 0.25) is 0 Å². The third-order valence-corrected chi connectivity index (χ3v) is 7.14. The van der Waals surface area contributed by atoms with Crippen molar-refractivity contribution in [1.82, 2.24) is 0 Å². The van der Waals surface area contributed by atoms with E-state index in [4.69, 9.17) is 18.9 Å². The maximum atomic E-state index is 11.6. The number of rotatable bonds is 12. The Morgan fingerprint density at radius 1 is 0.350 bits per heavy atom. The molecule has 0 spiro atoms. The lowest BCUT2D eigenvalue weighted by Crippen LogP contribution is -2.66. The summed E-state index contributed by atoms with van der Waals surface area (Å²) in [7, 11) is 0. The molecule has 1 aliphatic rings. The summed E-state index contributed by atoms with van der Waals surface area (Å²) in [4.78, 5) is 0. The van der Waals surface area contributed by atoms with Gasteiger partial charge in [-0.05, 0) is 22.3 Å². The zero-order chi connectivity index (χ0) is 27.6. The van der Waals surface area contributed by atoms with Gasteiger partial charge in [-0.2, -0.15) is 0 Å². The first kappa shape index (κ1) is 28.2. The minimum atomic E-state index is -1.15. The number of hydrogen-bond acceptors (Lipinski definition) is 6. The van der Waals surface area contributed by atoms with Crippen LogP contribution in [0.25, 0.3) is 0 Å². The third-order valence-electron chi connectivity index (χ3n) is 7.14. The summed E-state index contributed by atoms with van der Waals surface area (Å²) < 4.78 is 25.2. The molecule has 0 radical (unpaired) electrons. The highest BCUT2D eigenvalue weighted by Crippen LogP contribution is 2.32. The van der Waals surface area contributed by atoms with Crippen LogP contribution in [-0.2, 0) is 45.4 Å². The highest BCUT2D eigenvalue weighted by molar-refractivity contribution is 5.17. The fourth-order valence-electron chi connectivity index (χ4n) is 4.99. The largest absolute Gasteiger partial charge is 0.387 e. The van der Waals surface area contributed by atoms with E-state index in [1.165, 1.54) is 0 Å². The van der Waals surface area contributed by atoms with Crippen molar-refractivity contribution in [3.63, 3.8) is 0 Å². The molecule has 1 aliphatic carbocycles.